The molecule has 16 rings (SSSR count). The Morgan fingerprint density at radius 1 is 0.500 bits per heavy atom. The number of carbonyl (C=O) groups excluding carboxylic acids is 6. The number of piperidine rings is 2. The fourth-order valence-electron chi connectivity index (χ4n) is 17.6. The first-order chi connectivity index (χ1) is 51.1. The molecule has 6 fully saturated rings. The minimum absolute atomic E-state index is 0.0223. The molecule has 2 saturated heterocycles. The summed E-state index contributed by atoms with van der Waals surface area (Å²) in [5, 5.41) is 13.1. The molecule has 2 aromatic heterocycles. The van der Waals surface area contributed by atoms with E-state index in [4.69, 9.17) is 22.2 Å². The lowest BCUT2D eigenvalue weighted by Gasteiger charge is -2.35. The summed E-state index contributed by atoms with van der Waals surface area (Å²) in [6, 6.07) is 35.1. The Hall–Kier alpha value is -10.4. The molecule has 8 aromatic rings. The number of hydrogen-bond acceptors (Lipinski definition) is 13. The largest absolute Gasteiger partial charge is 0.361 e. The van der Waals surface area contributed by atoms with E-state index in [1.165, 1.54) is 11.6 Å². The number of halogens is 2. The Labute approximate surface area is 616 Å². The Bertz CT molecular complexity index is 4890. The maximum absolute atomic E-state index is 15.5. The molecule has 4 aliphatic carbocycles. The predicted molar refractivity (Wildman–Crippen MR) is 397 cm³/mol. The van der Waals surface area contributed by atoms with E-state index in [0.29, 0.717) is 55.7 Å². The minimum atomic E-state index is -1.09. The highest BCUT2D eigenvalue weighted by Gasteiger charge is 2.53. The molecule has 106 heavy (non-hydrogen) atoms. The molecule has 0 bridgehead atoms. The van der Waals surface area contributed by atoms with Crippen molar-refractivity contribution in [2.45, 2.75) is 193 Å². The molecule has 4 saturated carbocycles. The Morgan fingerprint density at radius 2 is 0.906 bits per heavy atom. The number of hydrogen-bond donors (Lipinski definition) is 2. The van der Waals surface area contributed by atoms with Gasteiger partial charge in [0.15, 0.2) is 0 Å². The Kier molecular flexibility index (Phi) is 19.3. The first-order valence-electron chi connectivity index (χ1n) is 37.6. The van der Waals surface area contributed by atoms with Gasteiger partial charge in [0.2, 0.25) is 23.6 Å². The topological polar surface area (TPSA) is 200 Å². The van der Waals surface area contributed by atoms with Gasteiger partial charge in [0.1, 0.15) is 29.2 Å². The summed E-state index contributed by atoms with van der Waals surface area (Å²) in [5.74, 6) is -0.579. The molecule has 6 aromatic carbocycles. The van der Waals surface area contributed by atoms with Crippen LogP contribution in [0.5, 0.6) is 0 Å². The van der Waals surface area contributed by atoms with Crippen molar-refractivity contribution in [2.24, 2.45) is 23.7 Å². The number of imide groups is 3. The van der Waals surface area contributed by atoms with Gasteiger partial charge in [0.25, 0.3) is 22.9 Å². The Balaban J connectivity index is 0.000000170. The number of nitrogens with one attached hydrogen (secondary N) is 2. The smallest absolute Gasteiger partial charge is 0.262 e. The molecule has 18 nitrogen and oxygen atoms in total. The van der Waals surface area contributed by atoms with Crippen LogP contribution in [0.4, 0.5) is 31.5 Å². The normalized spacial score (nSPS) is 22.2. The Morgan fingerprint density at radius 3 is 1.32 bits per heavy atom. The van der Waals surface area contributed by atoms with Crippen LogP contribution in [0.1, 0.15) is 191 Å². The van der Waals surface area contributed by atoms with Crippen LogP contribution in [-0.2, 0) is 56.2 Å². The fourth-order valence-corrected chi connectivity index (χ4v) is 17.6. The third-order valence-electron chi connectivity index (χ3n) is 24.2. The predicted octanol–water partition coefficient (Wildman–Crippen LogP) is 16.5. The zero-order chi connectivity index (χ0) is 74.0. The fraction of sp³-hybridized carbons (Fsp3) is 0.419. The molecule has 6 heterocycles. The molecule has 6 amide bonds. The van der Waals surface area contributed by atoms with Crippen LogP contribution in [0.25, 0.3) is 31.9 Å². The van der Waals surface area contributed by atoms with Gasteiger partial charge in [-0.3, -0.25) is 49.2 Å². The molecule has 8 aliphatic rings. The summed E-state index contributed by atoms with van der Waals surface area (Å²) >= 11 is 0. The number of benzene rings is 6. The number of aryl methyl sites for hydroxylation is 6. The lowest BCUT2D eigenvalue weighted by Crippen LogP contribution is -2.54. The maximum Gasteiger partial charge on any atom is 0.262 e. The monoisotopic (exact) mass is 1430 g/mol. The van der Waals surface area contributed by atoms with E-state index in [2.05, 4.69) is 144 Å². The standard InChI is InChI=1S/C43H42FN5O5.C43H46FN5O3/c1-24-5-10-29(39-25(2)47-54-26(39)3)21-37(24)48(32-13-11-31(12-14-32)43(45-4)17-18-43)23-28-8-6-27(7-9-28)19-30-20-33-34(22-35(30)44)42(53)49(41(33)52)36-15-16-38(50)46-40(36)51;1-26-5-10-31(41-27(2)47-52-28(41)3)22-39(26)49(36-13-11-35(12-14-36)43(45-4)17-18-43)23-30-8-6-29(7-9-30)19-32-20-33-24-48(25-34(33)21-37(32)44)38-15-16-40(50)46-42(38)51/h5,10-14,20-22,27-28,36H,6-9,15-19,23H2,1-3H3,(H,46,50,51);5,10-14,20-22,29-30,38H,6-9,15-19,23-25H2,1-3H3,(H,46,50,51). The number of nitrogens with zero attached hydrogens (tertiary/aromatic N) is 8. The molecular formula is C86H88F2N10O8. The molecule has 0 spiro atoms. The average molecular weight is 1430 g/mol. The average Bonchev–Trinajstić information content (AvgIpc) is 1.60. The molecule has 2 N–H and O–H groups in total. The zero-order valence-corrected chi connectivity index (χ0v) is 61.0. The maximum atomic E-state index is 15.5. The van der Waals surface area contributed by atoms with Crippen LogP contribution in [0.2, 0.25) is 0 Å². The van der Waals surface area contributed by atoms with E-state index in [1.807, 2.05) is 33.8 Å². The highest BCUT2D eigenvalue weighted by atomic mass is 19.1. The van der Waals surface area contributed by atoms with Gasteiger partial charge in [-0.2, -0.15) is 0 Å². The molecular weight excluding hydrogens is 1340 g/mol. The van der Waals surface area contributed by atoms with E-state index in [1.54, 1.807) is 6.07 Å². The summed E-state index contributed by atoms with van der Waals surface area (Å²) in [5.41, 5.74) is 17.4. The van der Waals surface area contributed by atoms with Gasteiger partial charge >= 0.3 is 0 Å². The van der Waals surface area contributed by atoms with E-state index in [9.17, 15) is 28.8 Å². The number of carbonyl (C=O) groups is 6. The van der Waals surface area contributed by atoms with Crippen LogP contribution < -0.4 is 20.4 Å². The van der Waals surface area contributed by atoms with Crippen LogP contribution in [0.15, 0.2) is 118 Å². The summed E-state index contributed by atoms with van der Waals surface area (Å²) in [6.45, 7) is 30.4. The zero-order valence-electron chi connectivity index (χ0n) is 61.0. The summed E-state index contributed by atoms with van der Waals surface area (Å²) in [6.07, 6.45) is 13.6. The van der Waals surface area contributed by atoms with Crippen molar-refractivity contribution in [3.8, 4) is 22.3 Å². The first-order valence-corrected chi connectivity index (χ1v) is 37.6. The molecule has 0 radical (unpaired) electrons. The molecule has 4 aliphatic heterocycles. The molecule has 20 heteroatoms. The highest BCUT2D eigenvalue weighted by Crippen LogP contribution is 2.52. The molecule has 2 unspecified atom stereocenters. The number of fused-ring (bicyclic) bond motifs is 2. The second-order valence-electron chi connectivity index (χ2n) is 31.2. The second-order valence-corrected chi connectivity index (χ2v) is 31.2. The third-order valence-corrected chi connectivity index (χ3v) is 24.2. The van der Waals surface area contributed by atoms with Crippen molar-refractivity contribution in [1.82, 2.24) is 30.7 Å². The van der Waals surface area contributed by atoms with Crippen molar-refractivity contribution >= 4 is 58.2 Å². The van der Waals surface area contributed by atoms with Crippen molar-refractivity contribution < 1.29 is 46.6 Å². The van der Waals surface area contributed by atoms with Crippen LogP contribution in [-0.4, -0.2) is 80.7 Å². The minimum Gasteiger partial charge on any atom is -0.361 e. The van der Waals surface area contributed by atoms with Gasteiger partial charge in [-0.25, -0.2) is 21.9 Å². The first kappa shape index (κ1) is 71.2. The summed E-state index contributed by atoms with van der Waals surface area (Å²) < 4.78 is 42.1. The second kappa shape index (κ2) is 28.8. The van der Waals surface area contributed by atoms with Crippen LogP contribution in [0.3, 0.4) is 0 Å². The van der Waals surface area contributed by atoms with E-state index < -0.39 is 35.5 Å². The van der Waals surface area contributed by atoms with Gasteiger partial charge in [-0.1, -0.05) is 40.6 Å². The van der Waals surface area contributed by atoms with Crippen molar-refractivity contribution in [3.05, 3.63) is 222 Å². The van der Waals surface area contributed by atoms with E-state index in [-0.39, 0.29) is 64.6 Å². The van der Waals surface area contributed by atoms with Gasteiger partial charge < -0.3 is 28.5 Å². The van der Waals surface area contributed by atoms with Crippen LogP contribution in [0, 0.1) is 90.0 Å². The molecule has 2 atom stereocenters. The summed E-state index contributed by atoms with van der Waals surface area (Å²) in [4.78, 5) is 90.5. The van der Waals surface area contributed by atoms with Crippen LogP contribution >= 0.6 is 0 Å². The highest BCUT2D eigenvalue weighted by molar-refractivity contribution is 6.23. The van der Waals surface area contributed by atoms with Crippen molar-refractivity contribution in [2.75, 3.05) is 22.9 Å². The van der Waals surface area contributed by atoms with Crippen molar-refractivity contribution in [3.63, 3.8) is 0 Å². The number of amides is 6. The molecule has 544 valence electrons. The van der Waals surface area contributed by atoms with Gasteiger partial charge in [-0.05, 0) is 266 Å². The summed E-state index contributed by atoms with van der Waals surface area (Å²) in [7, 11) is 0. The quantitative estimate of drug-likeness (QED) is 0.0608. The lowest BCUT2D eigenvalue weighted by molar-refractivity contribution is -0.138. The van der Waals surface area contributed by atoms with Gasteiger partial charge in [0.05, 0.1) is 28.6 Å². The SMILES string of the molecule is [C-]#[N+]C1(c2ccc(N(CC3CCC(Cc4cc5c(cc4F)C(=O)N(C4CCC(=O)NC4=O)C5=O)CC3)c3cc(-c4c(C)noc4C)ccc3C)cc2)CC1.[C-]#[N+]C1(c2ccc(N(CC3CCC(Cc4cc5c(cc4F)CN(C4CCC(=O)NC4=O)C5)CC3)c3cc(-c4c(C)noc4C)ccc3C)cc2)CC1. The third kappa shape index (κ3) is 14.0. The lowest BCUT2D eigenvalue weighted by atomic mass is 9.78. The number of aromatic nitrogens is 2. The van der Waals surface area contributed by atoms with E-state index >= 15 is 8.78 Å². The number of rotatable bonds is 18. The number of anilines is 4. The van der Waals surface area contributed by atoms with Gasteiger partial charge in [-0.15, -0.1) is 0 Å². The van der Waals surface area contributed by atoms with Crippen molar-refractivity contribution in [1.29, 1.82) is 0 Å². The van der Waals surface area contributed by atoms with Gasteiger partial charge in [0, 0.05) is 110 Å². The van der Waals surface area contributed by atoms with E-state index in [0.717, 1.165) is 209 Å².